The van der Waals surface area contributed by atoms with Crippen LogP contribution in [0.5, 0.6) is 0 Å². The summed E-state index contributed by atoms with van der Waals surface area (Å²) in [6, 6.07) is 0. The van der Waals surface area contributed by atoms with Crippen LogP contribution in [0.1, 0.15) is 116 Å². The standard InChI is InChI=1S/C26H50O5/c1-2-3-4-5-6-7-8-9-10-11-12-13-14-15-16-17-18-19-20-30-26-24(21-27)31-22-23(28)25(26)29/h19-20,23-29H,2-18,21-22H2,1H3/b20-19+/t23-,24+,25+,26+/m1/s1. The van der Waals surface area contributed by atoms with E-state index in [2.05, 4.69) is 6.92 Å². The van der Waals surface area contributed by atoms with E-state index in [4.69, 9.17) is 9.47 Å². The van der Waals surface area contributed by atoms with Crippen molar-refractivity contribution in [3.05, 3.63) is 12.3 Å². The van der Waals surface area contributed by atoms with Gasteiger partial charge < -0.3 is 24.8 Å². The predicted molar refractivity (Wildman–Crippen MR) is 127 cm³/mol. The summed E-state index contributed by atoms with van der Waals surface area (Å²) < 4.78 is 10.8. The van der Waals surface area contributed by atoms with Gasteiger partial charge in [-0.3, -0.25) is 0 Å². The normalized spacial score (nSPS) is 24.1. The highest BCUT2D eigenvalue weighted by atomic mass is 16.6. The summed E-state index contributed by atoms with van der Waals surface area (Å²) >= 11 is 0. The summed E-state index contributed by atoms with van der Waals surface area (Å²) in [6.07, 6.45) is 23.0. The molecule has 0 amide bonds. The summed E-state index contributed by atoms with van der Waals surface area (Å²) in [6.45, 7) is 2.06. The maximum absolute atomic E-state index is 9.99. The highest BCUT2D eigenvalue weighted by Gasteiger charge is 2.39. The lowest BCUT2D eigenvalue weighted by Crippen LogP contribution is -2.54. The Morgan fingerprint density at radius 1 is 0.774 bits per heavy atom. The fraction of sp³-hybridized carbons (Fsp3) is 0.923. The van der Waals surface area contributed by atoms with Gasteiger partial charge in [0.1, 0.15) is 18.3 Å². The van der Waals surface area contributed by atoms with Crippen LogP contribution in [0, 0.1) is 0 Å². The van der Waals surface area contributed by atoms with Crippen molar-refractivity contribution in [2.45, 2.75) is 140 Å². The van der Waals surface area contributed by atoms with E-state index in [-0.39, 0.29) is 13.2 Å². The summed E-state index contributed by atoms with van der Waals surface area (Å²) in [4.78, 5) is 0. The second kappa shape index (κ2) is 20.0. The molecule has 1 rings (SSSR count). The number of ether oxygens (including phenoxy) is 2. The van der Waals surface area contributed by atoms with Crippen LogP contribution in [0.4, 0.5) is 0 Å². The van der Waals surface area contributed by atoms with Gasteiger partial charge in [0.25, 0.3) is 0 Å². The summed E-state index contributed by atoms with van der Waals surface area (Å²) in [5, 5.41) is 29.0. The van der Waals surface area contributed by atoms with Gasteiger partial charge in [-0.2, -0.15) is 0 Å². The molecule has 1 aliphatic heterocycles. The molecule has 0 unspecified atom stereocenters. The Morgan fingerprint density at radius 3 is 1.74 bits per heavy atom. The van der Waals surface area contributed by atoms with Crippen LogP contribution in [-0.2, 0) is 9.47 Å². The van der Waals surface area contributed by atoms with E-state index in [9.17, 15) is 15.3 Å². The Morgan fingerprint density at radius 2 is 1.26 bits per heavy atom. The molecule has 1 saturated heterocycles. The first kappa shape index (κ1) is 28.4. The summed E-state index contributed by atoms with van der Waals surface area (Å²) in [5.41, 5.74) is 0. The van der Waals surface area contributed by atoms with Gasteiger partial charge in [-0.05, 0) is 18.9 Å². The Bertz CT molecular complexity index is 413. The number of aliphatic hydroxyl groups excluding tert-OH is 3. The molecule has 4 atom stereocenters. The quantitative estimate of drug-likeness (QED) is 0.168. The molecule has 0 radical (unpaired) electrons. The second-order valence-electron chi connectivity index (χ2n) is 9.18. The molecule has 0 aliphatic carbocycles. The monoisotopic (exact) mass is 442 g/mol. The molecule has 1 fully saturated rings. The van der Waals surface area contributed by atoms with E-state index in [1.165, 1.54) is 96.3 Å². The second-order valence-corrected chi connectivity index (χ2v) is 9.18. The largest absolute Gasteiger partial charge is 0.493 e. The Labute approximate surface area is 191 Å². The lowest BCUT2D eigenvalue weighted by Gasteiger charge is -2.36. The Kier molecular flexibility index (Phi) is 18.3. The van der Waals surface area contributed by atoms with Crippen molar-refractivity contribution in [2.24, 2.45) is 0 Å². The Hall–Kier alpha value is -0.620. The number of hydrogen-bond acceptors (Lipinski definition) is 5. The molecular formula is C26H50O5. The molecule has 0 aromatic rings. The molecule has 0 saturated carbocycles. The molecule has 0 aromatic heterocycles. The van der Waals surface area contributed by atoms with Crippen LogP contribution in [0.15, 0.2) is 12.3 Å². The fourth-order valence-corrected chi connectivity index (χ4v) is 4.20. The molecule has 31 heavy (non-hydrogen) atoms. The molecule has 5 heteroatoms. The van der Waals surface area contributed by atoms with E-state index < -0.39 is 24.4 Å². The molecular weight excluding hydrogens is 392 g/mol. The van der Waals surface area contributed by atoms with Crippen LogP contribution in [0.3, 0.4) is 0 Å². The third-order valence-electron chi connectivity index (χ3n) is 6.31. The zero-order valence-electron chi connectivity index (χ0n) is 20.1. The van der Waals surface area contributed by atoms with Crippen molar-refractivity contribution >= 4 is 0 Å². The van der Waals surface area contributed by atoms with Crippen LogP contribution < -0.4 is 0 Å². The van der Waals surface area contributed by atoms with Gasteiger partial charge in [0.2, 0.25) is 0 Å². The van der Waals surface area contributed by atoms with Crippen LogP contribution in [0.2, 0.25) is 0 Å². The van der Waals surface area contributed by atoms with Gasteiger partial charge in [-0.25, -0.2) is 0 Å². The van der Waals surface area contributed by atoms with E-state index in [1.807, 2.05) is 6.08 Å². The lowest BCUT2D eigenvalue weighted by molar-refractivity contribution is -0.197. The number of allylic oxidation sites excluding steroid dienone is 1. The zero-order chi connectivity index (χ0) is 22.6. The highest BCUT2D eigenvalue weighted by molar-refractivity contribution is 4.89. The number of rotatable bonds is 20. The molecule has 1 heterocycles. The molecule has 0 bridgehead atoms. The van der Waals surface area contributed by atoms with Crippen molar-refractivity contribution in [3.8, 4) is 0 Å². The SMILES string of the molecule is CCCCCCCCCCCCCCCCCC/C=C/O[C@@H]1[C@@H](O)[C@H](O)CO[C@H]1CO. The van der Waals surface area contributed by atoms with Gasteiger partial charge in [-0.15, -0.1) is 0 Å². The Balaban J connectivity index is 1.85. The zero-order valence-corrected chi connectivity index (χ0v) is 20.1. The predicted octanol–water partition coefficient (Wildman–Crippen LogP) is 5.65. The maximum atomic E-state index is 9.99. The molecule has 184 valence electrons. The van der Waals surface area contributed by atoms with E-state index in [0.717, 1.165) is 12.8 Å². The topological polar surface area (TPSA) is 79.2 Å². The summed E-state index contributed by atoms with van der Waals surface area (Å²) in [5.74, 6) is 0. The smallest absolute Gasteiger partial charge is 0.154 e. The third-order valence-corrected chi connectivity index (χ3v) is 6.31. The first-order valence-electron chi connectivity index (χ1n) is 13.1. The van der Waals surface area contributed by atoms with Gasteiger partial charge in [0, 0.05) is 0 Å². The van der Waals surface area contributed by atoms with Crippen molar-refractivity contribution in [3.63, 3.8) is 0 Å². The first-order valence-corrected chi connectivity index (χ1v) is 13.1. The minimum Gasteiger partial charge on any atom is -0.493 e. The maximum Gasteiger partial charge on any atom is 0.154 e. The van der Waals surface area contributed by atoms with Gasteiger partial charge in [-0.1, -0.05) is 103 Å². The van der Waals surface area contributed by atoms with Gasteiger partial charge >= 0.3 is 0 Å². The number of unbranched alkanes of at least 4 members (excludes halogenated alkanes) is 16. The first-order chi connectivity index (χ1) is 15.2. The van der Waals surface area contributed by atoms with Crippen molar-refractivity contribution in [2.75, 3.05) is 13.2 Å². The molecule has 3 N–H and O–H groups in total. The van der Waals surface area contributed by atoms with Crippen molar-refractivity contribution < 1.29 is 24.8 Å². The molecule has 5 nitrogen and oxygen atoms in total. The average molecular weight is 443 g/mol. The van der Waals surface area contributed by atoms with Crippen molar-refractivity contribution in [1.82, 2.24) is 0 Å². The van der Waals surface area contributed by atoms with Crippen LogP contribution in [0.25, 0.3) is 0 Å². The van der Waals surface area contributed by atoms with Crippen LogP contribution >= 0.6 is 0 Å². The highest BCUT2D eigenvalue weighted by Crippen LogP contribution is 2.19. The number of hydrogen-bond donors (Lipinski definition) is 3. The van der Waals surface area contributed by atoms with E-state index >= 15 is 0 Å². The van der Waals surface area contributed by atoms with Crippen LogP contribution in [-0.4, -0.2) is 52.9 Å². The van der Waals surface area contributed by atoms with E-state index in [0.29, 0.717) is 0 Å². The lowest BCUT2D eigenvalue weighted by atomic mass is 10.0. The minimum absolute atomic E-state index is 0.0230. The minimum atomic E-state index is -1.04. The molecule has 1 aliphatic rings. The van der Waals surface area contributed by atoms with Gasteiger partial charge in [0.15, 0.2) is 6.10 Å². The fourth-order valence-electron chi connectivity index (χ4n) is 4.20. The molecule has 0 spiro atoms. The average Bonchev–Trinajstić information content (AvgIpc) is 2.78. The number of aliphatic hydroxyl groups is 3. The van der Waals surface area contributed by atoms with Crippen molar-refractivity contribution in [1.29, 1.82) is 0 Å². The van der Waals surface area contributed by atoms with Gasteiger partial charge in [0.05, 0.1) is 19.5 Å². The summed E-state index contributed by atoms with van der Waals surface area (Å²) in [7, 11) is 0. The third kappa shape index (κ3) is 14.2. The van der Waals surface area contributed by atoms with E-state index in [1.54, 1.807) is 6.26 Å². The molecule has 0 aromatic carbocycles.